The Morgan fingerprint density at radius 2 is 1.78 bits per heavy atom. The molecule has 0 atom stereocenters. The Balaban J connectivity index is 3.92. The first-order valence-electron chi connectivity index (χ1n) is 2.70. The third kappa shape index (κ3) is 4.09. The number of allylic oxidation sites excluding steroid dienone is 2. The highest BCUT2D eigenvalue weighted by Crippen LogP contribution is 2.17. The number of rotatable bonds is 1. The third-order valence-corrected chi connectivity index (χ3v) is 1.90. The van der Waals surface area contributed by atoms with E-state index in [-0.39, 0.29) is 5.17 Å². The zero-order chi connectivity index (χ0) is 7.44. The van der Waals surface area contributed by atoms with Crippen LogP contribution in [0, 0.1) is 5.41 Å². The Morgan fingerprint density at radius 3 is 1.89 bits per heavy atom. The molecule has 0 saturated carbocycles. The van der Waals surface area contributed by atoms with Crippen LogP contribution in [0.4, 0.5) is 0 Å². The molecule has 0 saturated heterocycles. The standard InChI is InChI=1S/C6H12N2S/c1-4(2)5(3)9-6(7)8/h1-3H3,(H3,7,8). The van der Waals surface area contributed by atoms with Gasteiger partial charge in [0, 0.05) is 0 Å². The molecule has 52 valence electrons. The van der Waals surface area contributed by atoms with Gasteiger partial charge >= 0.3 is 0 Å². The van der Waals surface area contributed by atoms with Crippen LogP contribution in [0.3, 0.4) is 0 Å². The molecular formula is C6H12N2S. The van der Waals surface area contributed by atoms with Crippen LogP contribution in [0.5, 0.6) is 0 Å². The van der Waals surface area contributed by atoms with E-state index < -0.39 is 0 Å². The molecule has 3 N–H and O–H groups in total. The second-order valence-electron chi connectivity index (χ2n) is 2.02. The highest BCUT2D eigenvalue weighted by molar-refractivity contribution is 8.16. The van der Waals surface area contributed by atoms with E-state index in [0.717, 1.165) is 4.91 Å². The molecule has 0 aromatic rings. The lowest BCUT2D eigenvalue weighted by Crippen LogP contribution is -2.03. The fourth-order valence-corrected chi connectivity index (χ4v) is 0.801. The van der Waals surface area contributed by atoms with E-state index in [1.54, 1.807) is 0 Å². The molecule has 9 heavy (non-hydrogen) atoms. The van der Waals surface area contributed by atoms with Crippen molar-refractivity contribution in [2.24, 2.45) is 5.73 Å². The monoisotopic (exact) mass is 144 g/mol. The summed E-state index contributed by atoms with van der Waals surface area (Å²) in [6.07, 6.45) is 0. The number of hydrogen-bond donors (Lipinski definition) is 2. The predicted molar refractivity (Wildman–Crippen MR) is 43.6 cm³/mol. The van der Waals surface area contributed by atoms with Crippen molar-refractivity contribution in [2.45, 2.75) is 20.8 Å². The van der Waals surface area contributed by atoms with Crippen molar-refractivity contribution in [3.8, 4) is 0 Å². The average molecular weight is 144 g/mol. The van der Waals surface area contributed by atoms with Gasteiger partial charge in [-0.25, -0.2) is 0 Å². The molecule has 0 rings (SSSR count). The Morgan fingerprint density at radius 1 is 1.33 bits per heavy atom. The third-order valence-electron chi connectivity index (χ3n) is 0.967. The van der Waals surface area contributed by atoms with Crippen molar-refractivity contribution in [3.63, 3.8) is 0 Å². The zero-order valence-electron chi connectivity index (χ0n) is 5.99. The van der Waals surface area contributed by atoms with Gasteiger partial charge in [0.15, 0.2) is 5.17 Å². The summed E-state index contributed by atoms with van der Waals surface area (Å²) in [6.45, 7) is 5.97. The maximum Gasteiger partial charge on any atom is 0.155 e. The van der Waals surface area contributed by atoms with Gasteiger partial charge in [0.25, 0.3) is 0 Å². The van der Waals surface area contributed by atoms with Crippen LogP contribution in [0.2, 0.25) is 0 Å². The van der Waals surface area contributed by atoms with Crippen molar-refractivity contribution >= 4 is 16.9 Å². The fourth-order valence-electron chi connectivity index (χ4n) is 0.267. The second kappa shape index (κ2) is 3.56. The van der Waals surface area contributed by atoms with Crippen LogP contribution in [0.15, 0.2) is 10.5 Å². The summed E-state index contributed by atoms with van der Waals surface area (Å²) < 4.78 is 0. The summed E-state index contributed by atoms with van der Waals surface area (Å²) in [5.74, 6) is 0. The largest absolute Gasteiger partial charge is 0.378 e. The lowest BCUT2D eigenvalue weighted by molar-refractivity contribution is 1.34. The smallest absolute Gasteiger partial charge is 0.155 e. The first kappa shape index (κ1) is 8.56. The lowest BCUT2D eigenvalue weighted by Gasteiger charge is -1.98. The molecule has 0 unspecified atom stereocenters. The van der Waals surface area contributed by atoms with Gasteiger partial charge < -0.3 is 5.73 Å². The minimum Gasteiger partial charge on any atom is -0.378 e. The molecule has 0 heterocycles. The van der Waals surface area contributed by atoms with E-state index in [9.17, 15) is 0 Å². The minimum absolute atomic E-state index is 0.161. The van der Waals surface area contributed by atoms with Gasteiger partial charge in [0.1, 0.15) is 0 Å². The fraction of sp³-hybridized carbons (Fsp3) is 0.500. The molecule has 0 spiro atoms. The Hall–Kier alpha value is -0.440. The van der Waals surface area contributed by atoms with Crippen LogP contribution in [-0.2, 0) is 0 Å². The van der Waals surface area contributed by atoms with Crippen molar-refractivity contribution in [1.82, 2.24) is 0 Å². The van der Waals surface area contributed by atoms with E-state index in [0.29, 0.717) is 0 Å². The molecule has 0 aliphatic rings. The van der Waals surface area contributed by atoms with Crippen LogP contribution in [-0.4, -0.2) is 5.17 Å². The summed E-state index contributed by atoms with van der Waals surface area (Å²) in [7, 11) is 0. The maximum atomic E-state index is 6.92. The number of amidine groups is 1. The van der Waals surface area contributed by atoms with Gasteiger partial charge in [-0.05, 0) is 25.7 Å². The quantitative estimate of drug-likeness (QED) is 0.436. The van der Waals surface area contributed by atoms with Crippen LogP contribution < -0.4 is 5.73 Å². The van der Waals surface area contributed by atoms with Gasteiger partial charge in [0.2, 0.25) is 0 Å². The molecule has 0 amide bonds. The van der Waals surface area contributed by atoms with E-state index >= 15 is 0 Å². The average Bonchev–Trinajstić information content (AvgIpc) is 1.63. The molecule has 0 fully saturated rings. The van der Waals surface area contributed by atoms with Crippen molar-refractivity contribution in [2.75, 3.05) is 0 Å². The summed E-state index contributed by atoms with van der Waals surface area (Å²) in [5, 5.41) is 7.09. The van der Waals surface area contributed by atoms with Gasteiger partial charge in [-0.1, -0.05) is 17.3 Å². The van der Waals surface area contributed by atoms with Gasteiger partial charge in [-0.3, -0.25) is 5.41 Å². The van der Waals surface area contributed by atoms with Gasteiger partial charge in [-0.15, -0.1) is 0 Å². The van der Waals surface area contributed by atoms with E-state index in [2.05, 4.69) is 0 Å². The van der Waals surface area contributed by atoms with Crippen molar-refractivity contribution < 1.29 is 0 Å². The molecule has 3 heteroatoms. The first-order valence-corrected chi connectivity index (χ1v) is 3.51. The Kier molecular flexibility index (Phi) is 3.39. The van der Waals surface area contributed by atoms with Crippen LogP contribution in [0.25, 0.3) is 0 Å². The van der Waals surface area contributed by atoms with Gasteiger partial charge in [0.05, 0.1) is 0 Å². The first-order chi connectivity index (χ1) is 4.04. The molecule has 2 nitrogen and oxygen atoms in total. The van der Waals surface area contributed by atoms with E-state index in [1.807, 2.05) is 20.8 Å². The zero-order valence-corrected chi connectivity index (χ0v) is 6.80. The molecule has 0 aromatic carbocycles. The topological polar surface area (TPSA) is 49.9 Å². The lowest BCUT2D eigenvalue weighted by atomic mass is 10.3. The molecule has 0 aliphatic heterocycles. The number of nitrogens with one attached hydrogen (secondary N) is 1. The molecular weight excluding hydrogens is 132 g/mol. The SMILES string of the molecule is CC(C)=C(C)SC(=N)N. The van der Waals surface area contributed by atoms with Crippen molar-refractivity contribution in [3.05, 3.63) is 10.5 Å². The summed E-state index contributed by atoms with van der Waals surface area (Å²) in [5.41, 5.74) is 6.36. The molecule has 0 radical (unpaired) electrons. The van der Waals surface area contributed by atoms with Gasteiger partial charge in [-0.2, -0.15) is 0 Å². The predicted octanol–water partition coefficient (Wildman–Crippen LogP) is 1.93. The normalized spacial score (nSPS) is 8.78. The van der Waals surface area contributed by atoms with Crippen LogP contribution >= 0.6 is 11.8 Å². The molecule has 0 aromatic heterocycles. The highest BCUT2D eigenvalue weighted by Gasteiger charge is 1.93. The molecule has 0 bridgehead atoms. The number of nitrogens with two attached hydrogens (primary N) is 1. The Labute approximate surface area is 60.0 Å². The summed E-state index contributed by atoms with van der Waals surface area (Å²) in [4.78, 5) is 1.11. The second-order valence-corrected chi connectivity index (χ2v) is 3.28. The maximum absolute atomic E-state index is 6.92. The van der Waals surface area contributed by atoms with Crippen molar-refractivity contribution in [1.29, 1.82) is 5.41 Å². The number of hydrogen-bond acceptors (Lipinski definition) is 2. The van der Waals surface area contributed by atoms with E-state index in [1.165, 1.54) is 17.3 Å². The van der Waals surface area contributed by atoms with Crippen LogP contribution in [0.1, 0.15) is 20.8 Å². The molecule has 0 aliphatic carbocycles. The Bertz CT molecular complexity index is 145. The highest BCUT2D eigenvalue weighted by atomic mass is 32.2. The number of thioether (sulfide) groups is 1. The summed E-state index contributed by atoms with van der Waals surface area (Å²) >= 11 is 1.30. The summed E-state index contributed by atoms with van der Waals surface area (Å²) in [6, 6.07) is 0. The van der Waals surface area contributed by atoms with E-state index in [4.69, 9.17) is 11.1 Å². The minimum atomic E-state index is 0.161.